The number of anilines is 2. The van der Waals surface area contributed by atoms with Crippen molar-refractivity contribution in [3.8, 4) is 0 Å². The maximum absolute atomic E-state index is 12.9. The van der Waals surface area contributed by atoms with Crippen LogP contribution in [0.4, 0.5) is 15.1 Å². The monoisotopic (exact) mass is 375 g/mol. The summed E-state index contributed by atoms with van der Waals surface area (Å²) < 4.78 is 12.9. The summed E-state index contributed by atoms with van der Waals surface area (Å²) in [5.41, 5.74) is 0.567. The molecule has 0 bridgehead atoms. The molecule has 26 heavy (non-hydrogen) atoms. The van der Waals surface area contributed by atoms with Gasteiger partial charge >= 0.3 is 0 Å². The van der Waals surface area contributed by atoms with E-state index in [4.69, 9.17) is 0 Å². The Morgan fingerprint density at radius 1 is 1.19 bits per heavy atom. The molecule has 0 aliphatic carbocycles. The molecule has 1 aliphatic heterocycles. The summed E-state index contributed by atoms with van der Waals surface area (Å²) in [4.78, 5) is 20.8. The number of nitrogens with zero attached hydrogens (tertiary/aromatic N) is 3. The van der Waals surface area contributed by atoms with Gasteiger partial charge in [0.2, 0.25) is 5.91 Å². The Morgan fingerprint density at radius 2 is 1.92 bits per heavy atom. The summed E-state index contributed by atoms with van der Waals surface area (Å²) >= 11 is 1.75. The number of guanidine groups is 1. The van der Waals surface area contributed by atoms with Gasteiger partial charge in [0, 0.05) is 38.9 Å². The summed E-state index contributed by atoms with van der Waals surface area (Å²) in [6, 6.07) is 9.89. The first-order valence-corrected chi connectivity index (χ1v) is 9.33. The van der Waals surface area contributed by atoms with Crippen LogP contribution in [0.1, 0.15) is 0 Å². The van der Waals surface area contributed by atoms with Gasteiger partial charge < -0.3 is 20.4 Å². The number of carbonyl (C=O) groups is 1. The van der Waals surface area contributed by atoms with Crippen molar-refractivity contribution >= 4 is 33.9 Å². The molecule has 138 valence electrons. The molecule has 1 aliphatic rings. The predicted molar refractivity (Wildman–Crippen MR) is 104 cm³/mol. The Balaban J connectivity index is 1.46. The van der Waals surface area contributed by atoms with E-state index in [2.05, 4.69) is 42.9 Å². The Kier molecular flexibility index (Phi) is 6.06. The number of thiophene rings is 1. The molecule has 2 N–H and O–H groups in total. The molecular formula is C18H22FN5OS. The van der Waals surface area contributed by atoms with Gasteiger partial charge in [-0.1, -0.05) is 0 Å². The second-order valence-corrected chi connectivity index (χ2v) is 6.81. The van der Waals surface area contributed by atoms with Crippen LogP contribution in [0.3, 0.4) is 0 Å². The summed E-state index contributed by atoms with van der Waals surface area (Å²) in [6.07, 6.45) is 0. The third kappa shape index (κ3) is 4.72. The highest BCUT2D eigenvalue weighted by Gasteiger charge is 2.20. The Labute approximate surface area is 156 Å². The van der Waals surface area contributed by atoms with E-state index in [1.165, 1.54) is 29.3 Å². The van der Waals surface area contributed by atoms with Crippen molar-refractivity contribution in [3.63, 3.8) is 0 Å². The fraction of sp³-hybridized carbons (Fsp3) is 0.333. The molecule has 3 rings (SSSR count). The molecule has 0 saturated carbocycles. The SMILES string of the molecule is CN=C(NCC(=O)Nc1ccc(F)cc1)N1CCN(c2cccs2)CC1. The molecule has 2 aromatic rings. The molecule has 1 aromatic heterocycles. The average Bonchev–Trinajstić information content (AvgIpc) is 3.19. The highest BCUT2D eigenvalue weighted by Crippen LogP contribution is 2.22. The maximum Gasteiger partial charge on any atom is 0.243 e. The molecule has 0 atom stereocenters. The lowest BCUT2D eigenvalue weighted by atomic mass is 10.3. The van der Waals surface area contributed by atoms with Gasteiger partial charge in [0.05, 0.1) is 11.5 Å². The first kappa shape index (κ1) is 18.2. The zero-order chi connectivity index (χ0) is 18.4. The minimum atomic E-state index is -0.330. The topological polar surface area (TPSA) is 60.0 Å². The fourth-order valence-electron chi connectivity index (χ4n) is 2.82. The van der Waals surface area contributed by atoms with Crippen molar-refractivity contribution in [3.05, 3.63) is 47.6 Å². The van der Waals surface area contributed by atoms with Crippen LogP contribution in [0.5, 0.6) is 0 Å². The average molecular weight is 375 g/mol. The molecule has 2 heterocycles. The Hall–Kier alpha value is -2.61. The lowest BCUT2D eigenvalue weighted by molar-refractivity contribution is -0.115. The van der Waals surface area contributed by atoms with Crippen molar-refractivity contribution in [2.45, 2.75) is 0 Å². The van der Waals surface area contributed by atoms with Gasteiger partial charge in [-0.3, -0.25) is 9.79 Å². The van der Waals surface area contributed by atoms with Crippen LogP contribution >= 0.6 is 11.3 Å². The second kappa shape index (κ2) is 8.66. The van der Waals surface area contributed by atoms with Crippen LogP contribution in [-0.4, -0.2) is 56.5 Å². The van der Waals surface area contributed by atoms with Crippen LogP contribution in [0.2, 0.25) is 0 Å². The molecule has 0 unspecified atom stereocenters. The largest absolute Gasteiger partial charge is 0.360 e. The van der Waals surface area contributed by atoms with Gasteiger partial charge in [-0.25, -0.2) is 4.39 Å². The number of amides is 1. The van der Waals surface area contributed by atoms with E-state index < -0.39 is 0 Å². The third-order valence-corrected chi connectivity index (χ3v) is 5.07. The van der Waals surface area contributed by atoms with Gasteiger partial charge in [-0.2, -0.15) is 0 Å². The number of carbonyl (C=O) groups excluding carboxylic acids is 1. The van der Waals surface area contributed by atoms with E-state index in [1.54, 1.807) is 18.4 Å². The van der Waals surface area contributed by atoms with Gasteiger partial charge in [-0.15, -0.1) is 11.3 Å². The Morgan fingerprint density at radius 3 is 2.54 bits per heavy atom. The molecule has 6 nitrogen and oxygen atoms in total. The van der Waals surface area contributed by atoms with Crippen LogP contribution < -0.4 is 15.5 Å². The number of benzene rings is 1. The molecule has 1 aromatic carbocycles. The predicted octanol–water partition coefficient (Wildman–Crippen LogP) is 2.22. The number of piperazine rings is 1. The van der Waals surface area contributed by atoms with Crippen molar-refractivity contribution in [1.82, 2.24) is 10.2 Å². The van der Waals surface area contributed by atoms with E-state index in [9.17, 15) is 9.18 Å². The van der Waals surface area contributed by atoms with Crippen molar-refractivity contribution in [1.29, 1.82) is 0 Å². The van der Waals surface area contributed by atoms with Crippen LogP contribution in [0.15, 0.2) is 46.8 Å². The molecule has 1 amide bonds. The number of rotatable bonds is 4. The van der Waals surface area contributed by atoms with E-state index >= 15 is 0 Å². The van der Waals surface area contributed by atoms with Gasteiger partial charge in [0.15, 0.2) is 5.96 Å². The van der Waals surface area contributed by atoms with Crippen LogP contribution in [-0.2, 0) is 4.79 Å². The molecular weight excluding hydrogens is 353 g/mol. The van der Waals surface area contributed by atoms with Gasteiger partial charge in [0.1, 0.15) is 5.82 Å². The van der Waals surface area contributed by atoms with Crippen LogP contribution in [0, 0.1) is 5.82 Å². The number of aliphatic imine (C=N–C) groups is 1. The Bertz CT molecular complexity index is 739. The first-order chi connectivity index (χ1) is 12.7. The maximum atomic E-state index is 12.9. The van der Waals surface area contributed by atoms with Gasteiger partial charge in [-0.05, 0) is 41.8 Å². The van der Waals surface area contributed by atoms with Crippen LogP contribution in [0.25, 0.3) is 0 Å². The molecule has 0 spiro atoms. The normalized spacial score (nSPS) is 15.1. The van der Waals surface area contributed by atoms with Crippen molar-refractivity contribution in [2.24, 2.45) is 4.99 Å². The highest BCUT2D eigenvalue weighted by atomic mass is 32.1. The zero-order valence-corrected chi connectivity index (χ0v) is 15.4. The summed E-state index contributed by atoms with van der Waals surface area (Å²) in [5, 5.41) is 9.19. The van der Waals surface area contributed by atoms with Gasteiger partial charge in [0.25, 0.3) is 0 Å². The molecule has 0 radical (unpaired) electrons. The first-order valence-electron chi connectivity index (χ1n) is 8.45. The van der Waals surface area contributed by atoms with E-state index in [1.807, 2.05) is 0 Å². The molecule has 8 heteroatoms. The summed E-state index contributed by atoms with van der Waals surface area (Å²) in [6.45, 7) is 3.63. The third-order valence-electron chi connectivity index (χ3n) is 4.14. The van der Waals surface area contributed by atoms with E-state index in [0.717, 1.165) is 26.2 Å². The molecule has 1 saturated heterocycles. The summed E-state index contributed by atoms with van der Waals surface area (Å²) in [7, 11) is 1.71. The summed E-state index contributed by atoms with van der Waals surface area (Å²) in [5.74, 6) is 0.184. The fourth-order valence-corrected chi connectivity index (χ4v) is 3.60. The number of halogens is 1. The lowest BCUT2D eigenvalue weighted by Crippen LogP contribution is -2.53. The highest BCUT2D eigenvalue weighted by molar-refractivity contribution is 7.14. The standard InChI is InChI=1S/C18H22FN5OS/c1-20-18(21-13-16(25)22-15-6-4-14(19)5-7-15)24-10-8-23(9-11-24)17-3-2-12-26-17/h2-7,12H,8-11,13H2,1H3,(H,20,21)(H,22,25). The number of nitrogens with one attached hydrogen (secondary N) is 2. The van der Waals surface area contributed by atoms with E-state index in [-0.39, 0.29) is 18.3 Å². The lowest BCUT2D eigenvalue weighted by Gasteiger charge is -2.36. The smallest absolute Gasteiger partial charge is 0.243 e. The zero-order valence-electron chi connectivity index (χ0n) is 14.6. The number of hydrogen-bond donors (Lipinski definition) is 2. The number of hydrogen-bond acceptors (Lipinski definition) is 4. The minimum absolute atomic E-state index is 0.106. The van der Waals surface area contributed by atoms with E-state index in [0.29, 0.717) is 11.6 Å². The quantitative estimate of drug-likeness (QED) is 0.636. The minimum Gasteiger partial charge on any atom is -0.360 e. The second-order valence-electron chi connectivity index (χ2n) is 5.88. The molecule has 1 fully saturated rings. The van der Waals surface area contributed by atoms with Crippen molar-refractivity contribution < 1.29 is 9.18 Å². The van der Waals surface area contributed by atoms with Crippen molar-refractivity contribution in [2.75, 3.05) is 50.0 Å².